The maximum atomic E-state index is 4.25. The van der Waals surface area contributed by atoms with E-state index in [9.17, 15) is 0 Å². The first kappa shape index (κ1) is 11.4. The van der Waals surface area contributed by atoms with Crippen molar-refractivity contribution in [2.75, 3.05) is 18.1 Å². The average Bonchev–Trinajstić information content (AvgIpc) is 2.62. The van der Waals surface area contributed by atoms with Crippen LogP contribution in [0, 0.1) is 0 Å². The van der Waals surface area contributed by atoms with Crippen molar-refractivity contribution >= 4 is 17.7 Å². The lowest BCUT2D eigenvalue weighted by molar-refractivity contribution is 0.644. The maximum absolute atomic E-state index is 4.25. The van der Waals surface area contributed by atoms with Gasteiger partial charge in [0.05, 0.1) is 0 Å². The van der Waals surface area contributed by atoms with Gasteiger partial charge in [-0.05, 0) is 19.6 Å². The number of hydrogen-bond donors (Lipinski definition) is 1. The number of nitrogens with zero attached hydrogens (tertiary/aromatic N) is 2. The zero-order chi connectivity index (χ0) is 10.4. The Morgan fingerprint density at radius 2 is 2.43 bits per heavy atom. The van der Waals surface area contributed by atoms with E-state index < -0.39 is 0 Å². The van der Waals surface area contributed by atoms with Gasteiger partial charge in [0.25, 0.3) is 0 Å². The summed E-state index contributed by atoms with van der Waals surface area (Å²) in [5, 5.41) is 3.96. The molecule has 0 aromatic carbocycles. The molecule has 0 radical (unpaired) electrons. The number of anilines is 1. The second kappa shape index (κ2) is 5.96. The number of hydrogen-bond acceptors (Lipinski definition) is 3. The summed E-state index contributed by atoms with van der Waals surface area (Å²) < 4.78 is 2.18. The van der Waals surface area contributed by atoms with Crippen molar-refractivity contribution in [3.05, 3.63) is 12.4 Å². The molecule has 1 aromatic rings. The van der Waals surface area contributed by atoms with Gasteiger partial charge in [-0.2, -0.15) is 11.8 Å². The number of aromatic nitrogens is 2. The van der Waals surface area contributed by atoms with Crippen LogP contribution in [0.25, 0.3) is 0 Å². The predicted octanol–water partition coefficient (Wildman–Crippen LogP) is 2.46. The van der Waals surface area contributed by atoms with Crippen LogP contribution in [0.3, 0.4) is 0 Å². The first-order valence-corrected chi connectivity index (χ1v) is 6.34. The van der Waals surface area contributed by atoms with Crippen molar-refractivity contribution in [1.82, 2.24) is 9.55 Å². The second-order valence-corrected chi connectivity index (χ2v) is 4.59. The van der Waals surface area contributed by atoms with Gasteiger partial charge >= 0.3 is 0 Å². The lowest BCUT2D eigenvalue weighted by atomic mass is 10.3. The summed E-state index contributed by atoms with van der Waals surface area (Å²) >= 11 is 1.91. The molecular formula is C10H19N3S. The monoisotopic (exact) mass is 213 g/mol. The quantitative estimate of drug-likeness (QED) is 0.787. The summed E-state index contributed by atoms with van der Waals surface area (Å²) in [6.45, 7) is 6.32. The summed E-state index contributed by atoms with van der Waals surface area (Å²) in [6.07, 6.45) is 7.23. The molecule has 0 aliphatic carbocycles. The van der Waals surface area contributed by atoms with Crippen LogP contribution in [0.1, 0.15) is 20.3 Å². The van der Waals surface area contributed by atoms with E-state index in [1.807, 2.05) is 24.2 Å². The fourth-order valence-electron chi connectivity index (χ4n) is 1.25. The molecule has 0 amide bonds. The number of thioether (sulfide) groups is 1. The summed E-state index contributed by atoms with van der Waals surface area (Å²) in [5.41, 5.74) is 0. The molecule has 3 nitrogen and oxygen atoms in total. The molecule has 0 saturated heterocycles. The van der Waals surface area contributed by atoms with E-state index in [2.05, 4.69) is 35.0 Å². The van der Waals surface area contributed by atoms with Crippen molar-refractivity contribution < 1.29 is 0 Å². The van der Waals surface area contributed by atoms with Crippen LogP contribution < -0.4 is 5.32 Å². The molecule has 1 aromatic heterocycles. The molecular weight excluding hydrogens is 194 g/mol. The Hall–Kier alpha value is -0.640. The highest BCUT2D eigenvalue weighted by Gasteiger charge is 2.03. The molecule has 1 N–H and O–H groups in total. The molecule has 14 heavy (non-hydrogen) atoms. The third-order valence-corrected chi connectivity index (χ3v) is 3.27. The first-order valence-electron chi connectivity index (χ1n) is 5.05. The second-order valence-electron chi connectivity index (χ2n) is 3.31. The average molecular weight is 213 g/mol. The molecule has 1 atom stereocenters. The largest absolute Gasteiger partial charge is 0.356 e. The SMILES string of the molecule is CCNc1nccn1CCC(C)SC. The molecule has 80 valence electrons. The van der Waals surface area contributed by atoms with Gasteiger partial charge < -0.3 is 9.88 Å². The zero-order valence-corrected chi connectivity index (χ0v) is 9.97. The Kier molecular flexibility index (Phi) is 4.87. The molecule has 0 aliphatic heterocycles. The molecule has 4 heteroatoms. The van der Waals surface area contributed by atoms with E-state index in [0.717, 1.165) is 19.0 Å². The van der Waals surface area contributed by atoms with E-state index in [-0.39, 0.29) is 0 Å². The zero-order valence-electron chi connectivity index (χ0n) is 9.16. The van der Waals surface area contributed by atoms with Crippen LogP contribution in [-0.2, 0) is 6.54 Å². The molecule has 1 heterocycles. The number of aryl methyl sites for hydroxylation is 1. The van der Waals surface area contributed by atoms with Crippen LogP contribution in [0.5, 0.6) is 0 Å². The molecule has 0 spiro atoms. The van der Waals surface area contributed by atoms with Crippen molar-refractivity contribution in [1.29, 1.82) is 0 Å². The van der Waals surface area contributed by atoms with Crippen molar-refractivity contribution in [3.63, 3.8) is 0 Å². The van der Waals surface area contributed by atoms with Crippen LogP contribution in [0.4, 0.5) is 5.95 Å². The topological polar surface area (TPSA) is 29.9 Å². The van der Waals surface area contributed by atoms with Crippen LogP contribution in [0.2, 0.25) is 0 Å². The lowest BCUT2D eigenvalue weighted by Crippen LogP contribution is -2.09. The van der Waals surface area contributed by atoms with Gasteiger partial charge in [0.15, 0.2) is 0 Å². The highest BCUT2D eigenvalue weighted by molar-refractivity contribution is 7.99. The Morgan fingerprint density at radius 1 is 1.64 bits per heavy atom. The van der Waals surface area contributed by atoms with E-state index >= 15 is 0 Å². The Balaban J connectivity index is 2.45. The van der Waals surface area contributed by atoms with Crippen LogP contribution >= 0.6 is 11.8 Å². The molecule has 1 rings (SSSR count). The minimum atomic E-state index is 0.715. The van der Waals surface area contributed by atoms with Gasteiger partial charge in [-0.15, -0.1) is 0 Å². The fourth-order valence-corrected chi connectivity index (χ4v) is 1.59. The van der Waals surface area contributed by atoms with Crippen LogP contribution in [0.15, 0.2) is 12.4 Å². The van der Waals surface area contributed by atoms with Gasteiger partial charge in [-0.25, -0.2) is 4.98 Å². The predicted molar refractivity (Wildman–Crippen MR) is 64.0 cm³/mol. The summed E-state index contributed by atoms with van der Waals surface area (Å²) in [5.74, 6) is 0.987. The normalized spacial score (nSPS) is 12.8. The van der Waals surface area contributed by atoms with Gasteiger partial charge in [-0.3, -0.25) is 0 Å². The van der Waals surface area contributed by atoms with Crippen molar-refractivity contribution in [2.24, 2.45) is 0 Å². The number of nitrogens with one attached hydrogen (secondary N) is 1. The van der Waals surface area contributed by atoms with Crippen molar-refractivity contribution in [2.45, 2.75) is 32.1 Å². The third-order valence-electron chi connectivity index (χ3n) is 2.23. The van der Waals surface area contributed by atoms with Crippen LogP contribution in [-0.4, -0.2) is 27.6 Å². The van der Waals surface area contributed by atoms with Crippen molar-refractivity contribution in [3.8, 4) is 0 Å². The Labute approximate surface area is 90.3 Å². The summed E-state index contributed by atoms with van der Waals surface area (Å²) in [7, 11) is 0. The van der Waals surface area contributed by atoms with Gasteiger partial charge in [0.1, 0.15) is 0 Å². The summed E-state index contributed by atoms with van der Waals surface area (Å²) in [4.78, 5) is 4.25. The van der Waals surface area contributed by atoms with Gasteiger partial charge in [0, 0.05) is 30.7 Å². The minimum Gasteiger partial charge on any atom is -0.356 e. The summed E-state index contributed by atoms with van der Waals surface area (Å²) in [6, 6.07) is 0. The van der Waals surface area contributed by atoms with Gasteiger partial charge in [0.2, 0.25) is 5.95 Å². The highest BCUT2D eigenvalue weighted by Crippen LogP contribution is 2.13. The van der Waals surface area contributed by atoms with Gasteiger partial charge in [-0.1, -0.05) is 6.92 Å². The smallest absolute Gasteiger partial charge is 0.202 e. The van der Waals surface area contributed by atoms with E-state index in [1.54, 1.807) is 0 Å². The molecule has 0 saturated carbocycles. The van der Waals surface area contributed by atoms with E-state index in [1.165, 1.54) is 6.42 Å². The number of rotatable bonds is 6. The molecule has 0 bridgehead atoms. The Morgan fingerprint density at radius 3 is 3.07 bits per heavy atom. The van der Waals surface area contributed by atoms with E-state index in [4.69, 9.17) is 0 Å². The fraction of sp³-hybridized carbons (Fsp3) is 0.700. The minimum absolute atomic E-state index is 0.715. The lowest BCUT2D eigenvalue weighted by Gasteiger charge is -2.11. The molecule has 1 unspecified atom stereocenters. The maximum Gasteiger partial charge on any atom is 0.202 e. The third kappa shape index (κ3) is 3.25. The highest BCUT2D eigenvalue weighted by atomic mass is 32.2. The Bertz CT molecular complexity index is 260. The molecule has 0 aliphatic rings. The number of imidazole rings is 1. The molecule has 0 fully saturated rings. The standard InChI is InChI=1S/C10H19N3S/c1-4-11-10-12-6-8-13(10)7-5-9(2)14-3/h6,8-9H,4-5,7H2,1-3H3,(H,11,12). The first-order chi connectivity index (χ1) is 6.77. The van der Waals surface area contributed by atoms with E-state index in [0.29, 0.717) is 5.25 Å².